The van der Waals surface area contributed by atoms with Crippen molar-refractivity contribution < 1.29 is 9.50 Å². The van der Waals surface area contributed by atoms with Crippen LogP contribution in [-0.2, 0) is 6.54 Å². The summed E-state index contributed by atoms with van der Waals surface area (Å²) in [6, 6.07) is 6.97. The molecule has 0 aromatic heterocycles. The van der Waals surface area contributed by atoms with Gasteiger partial charge in [-0.25, -0.2) is 4.39 Å². The number of halogens is 1. The SMILES string of the molecule is OCC1CCCC1NCc1ccc(F)cc1. The van der Waals surface area contributed by atoms with E-state index in [4.69, 9.17) is 0 Å². The number of hydrogen-bond acceptors (Lipinski definition) is 2. The average Bonchev–Trinajstić information content (AvgIpc) is 2.76. The standard InChI is InChI=1S/C13H18FNO/c14-12-6-4-10(5-7-12)8-15-13-3-1-2-11(13)9-16/h4-7,11,13,15-16H,1-3,8-9H2. The number of benzene rings is 1. The van der Waals surface area contributed by atoms with Crippen LogP contribution in [0.3, 0.4) is 0 Å². The molecule has 1 fully saturated rings. The van der Waals surface area contributed by atoms with Crippen LogP contribution in [0.2, 0.25) is 0 Å². The summed E-state index contributed by atoms with van der Waals surface area (Å²) < 4.78 is 12.7. The van der Waals surface area contributed by atoms with E-state index >= 15 is 0 Å². The number of aliphatic hydroxyl groups is 1. The lowest BCUT2D eigenvalue weighted by Gasteiger charge is -2.19. The van der Waals surface area contributed by atoms with E-state index in [1.807, 2.05) is 0 Å². The van der Waals surface area contributed by atoms with E-state index in [0.717, 1.165) is 24.9 Å². The zero-order valence-corrected chi connectivity index (χ0v) is 9.32. The van der Waals surface area contributed by atoms with E-state index in [1.165, 1.54) is 18.6 Å². The molecule has 16 heavy (non-hydrogen) atoms. The zero-order chi connectivity index (χ0) is 11.4. The van der Waals surface area contributed by atoms with Crippen molar-refractivity contribution >= 4 is 0 Å². The van der Waals surface area contributed by atoms with Crippen molar-refractivity contribution in [3.63, 3.8) is 0 Å². The molecule has 2 atom stereocenters. The molecule has 0 spiro atoms. The van der Waals surface area contributed by atoms with Crippen LogP contribution in [0.4, 0.5) is 4.39 Å². The molecule has 1 aromatic carbocycles. The summed E-state index contributed by atoms with van der Waals surface area (Å²) in [5.41, 5.74) is 1.09. The van der Waals surface area contributed by atoms with Gasteiger partial charge in [-0.05, 0) is 36.5 Å². The van der Waals surface area contributed by atoms with E-state index in [-0.39, 0.29) is 12.4 Å². The van der Waals surface area contributed by atoms with Crippen molar-refractivity contribution in [2.24, 2.45) is 5.92 Å². The summed E-state index contributed by atoms with van der Waals surface area (Å²) in [4.78, 5) is 0. The Kier molecular flexibility index (Phi) is 3.91. The third-order valence-electron chi connectivity index (χ3n) is 3.38. The van der Waals surface area contributed by atoms with Crippen LogP contribution in [0.1, 0.15) is 24.8 Å². The quantitative estimate of drug-likeness (QED) is 0.819. The summed E-state index contributed by atoms with van der Waals surface area (Å²) in [6.45, 7) is 1.02. The van der Waals surface area contributed by atoms with Gasteiger partial charge in [-0.15, -0.1) is 0 Å². The first-order valence-electron chi connectivity index (χ1n) is 5.88. The Bertz CT molecular complexity index is 325. The molecular formula is C13H18FNO. The van der Waals surface area contributed by atoms with Gasteiger partial charge in [0.25, 0.3) is 0 Å². The van der Waals surface area contributed by atoms with Gasteiger partial charge in [0.15, 0.2) is 0 Å². The summed E-state index contributed by atoms with van der Waals surface area (Å²) in [6.07, 6.45) is 3.43. The Morgan fingerprint density at radius 1 is 1.25 bits per heavy atom. The molecule has 2 rings (SSSR count). The molecule has 0 saturated heterocycles. The third-order valence-corrected chi connectivity index (χ3v) is 3.38. The first-order chi connectivity index (χ1) is 7.79. The normalized spacial score (nSPS) is 24.9. The van der Waals surface area contributed by atoms with Gasteiger partial charge in [0.1, 0.15) is 5.82 Å². The Labute approximate surface area is 95.5 Å². The van der Waals surface area contributed by atoms with Crippen LogP contribution in [0.5, 0.6) is 0 Å². The van der Waals surface area contributed by atoms with Gasteiger partial charge in [-0.1, -0.05) is 18.6 Å². The second kappa shape index (κ2) is 5.41. The molecule has 0 bridgehead atoms. The molecule has 2 unspecified atom stereocenters. The highest BCUT2D eigenvalue weighted by Crippen LogP contribution is 2.25. The van der Waals surface area contributed by atoms with Gasteiger partial charge < -0.3 is 10.4 Å². The lowest BCUT2D eigenvalue weighted by atomic mass is 10.0. The second-order valence-corrected chi connectivity index (χ2v) is 4.49. The number of hydrogen-bond donors (Lipinski definition) is 2. The van der Waals surface area contributed by atoms with Gasteiger partial charge >= 0.3 is 0 Å². The summed E-state index contributed by atoms with van der Waals surface area (Å²) in [5.74, 6) is 0.193. The minimum absolute atomic E-state index is 0.196. The Balaban J connectivity index is 1.85. The molecule has 0 amide bonds. The third kappa shape index (κ3) is 2.80. The van der Waals surface area contributed by atoms with Gasteiger partial charge in [0.2, 0.25) is 0 Å². The van der Waals surface area contributed by atoms with Crippen LogP contribution in [0.15, 0.2) is 24.3 Å². The van der Waals surface area contributed by atoms with Crippen molar-refractivity contribution in [1.82, 2.24) is 5.32 Å². The van der Waals surface area contributed by atoms with E-state index in [0.29, 0.717) is 12.0 Å². The summed E-state index contributed by atoms with van der Waals surface area (Å²) in [5, 5.41) is 12.6. The topological polar surface area (TPSA) is 32.3 Å². The zero-order valence-electron chi connectivity index (χ0n) is 9.32. The molecule has 1 saturated carbocycles. The molecule has 0 aliphatic heterocycles. The van der Waals surface area contributed by atoms with Gasteiger partial charge in [0, 0.05) is 19.2 Å². The van der Waals surface area contributed by atoms with Crippen LogP contribution < -0.4 is 5.32 Å². The van der Waals surface area contributed by atoms with Gasteiger partial charge in [-0.3, -0.25) is 0 Å². The average molecular weight is 223 g/mol. The fraction of sp³-hybridized carbons (Fsp3) is 0.538. The largest absolute Gasteiger partial charge is 0.396 e. The molecule has 2 nitrogen and oxygen atoms in total. The smallest absolute Gasteiger partial charge is 0.123 e. The highest BCUT2D eigenvalue weighted by Gasteiger charge is 2.25. The van der Waals surface area contributed by atoms with Gasteiger partial charge in [0.05, 0.1) is 0 Å². The fourth-order valence-corrected chi connectivity index (χ4v) is 2.38. The molecule has 1 aromatic rings. The summed E-state index contributed by atoms with van der Waals surface area (Å²) in [7, 11) is 0. The Morgan fingerprint density at radius 3 is 2.69 bits per heavy atom. The van der Waals surface area contributed by atoms with Gasteiger partial charge in [-0.2, -0.15) is 0 Å². The lowest BCUT2D eigenvalue weighted by Crippen LogP contribution is -2.33. The van der Waals surface area contributed by atoms with Crippen molar-refractivity contribution in [2.75, 3.05) is 6.61 Å². The lowest BCUT2D eigenvalue weighted by molar-refractivity contribution is 0.205. The molecule has 2 N–H and O–H groups in total. The first-order valence-corrected chi connectivity index (χ1v) is 5.88. The fourth-order valence-electron chi connectivity index (χ4n) is 2.38. The van der Waals surface area contributed by atoms with Crippen molar-refractivity contribution in [2.45, 2.75) is 31.8 Å². The molecule has 88 valence electrons. The van der Waals surface area contributed by atoms with E-state index in [9.17, 15) is 9.50 Å². The van der Waals surface area contributed by atoms with Crippen LogP contribution in [0.25, 0.3) is 0 Å². The van der Waals surface area contributed by atoms with Crippen LogP contribution in [0, 0.1) is 11.7 Å². The molecule has 1 aliphatic carbocycles. The molecule has 1 aliphatic rings. The maximum atomic E-state index is 12.7. The van der Waals surface area contributed by atoms with Crippen molar-refractivity contribution in [3.8, 4) is 0 Å². The maximum absolute atomic E-state index is 12.7. The highest BCUT2D eigenvalue weighted by atomic mass is 19.1. The van der Waals surface area contributed by atoms with E-state index < -0.39 is 0 Å². The molecule has 0 heterocycles. The van der Waals surface area contributed by atoms with E-state index in [1.54, 1.807) is 12.1 Å². The molecule has 0 radical (unpaired) electrons. The number of aliphatic hydroxyl groups excluding tert-OH is 1. The number of nitrogens with one attached hydrogen (secondary N) is 1. The van der Waals surface area contributed by atoms with Crippen LogP contribution in [-0.4, -0.2) is 17.8 Å². The first kappa shape index (κ1) is 11.6. The Morgan fingerprint density at radius 2 is 2.00 bits per heavy atom. The number of rotatable bonds is 4. The monoisotopic (exact) mass is 223 g/mol. The predicted molar refractivity (Wildman–Crippen MR) is 61.5 cm³/mol. The molecule has 3 heteroatoms. The highest BCUT2D eigenvalue weighted by molar-refractivity contribution is 5.15. The minimum Gasteiger partial charge on any atom is -0.396 e. The minimum atomic E-state index is -0.196. The van der Waals surface area contributed by atoms with Crippen molar-refractivity contribution in [1.29, 1.82) is 0 Å². The maximum Gasteiger partial charge on any atom is 0.123 e. The molecular weight excluding hydrogens is 205 g/mol. The van der Waals surface area contributed by atoms with Crippen LogP contribution >= 0.6 is 0 Å². The van der Waals surface area contributed by atoms with Crippen molar-refractivity contribution in [3.05, 3.63) is 35.6 Å². The summed E-state index contributed by atoms with van der Waals surface area (Å²) >= 11 is 0. The van der Waals surface area contributed by atoms with E-state index in [2.05, 4.69) is 5.32 Å². The predicted octanol–water partition coefficient (Wildman–Crippen LogP) is 2.08. The second-order valence-electron chi connectivity index (χ2n) is 4.49. The Hall–Kier alpha value is -0.930.